The minimum absolute atomic E-state index is 0.239. The number of benzene rings is 12. The predicted molar refractivity (Wildman–Crippen MR) is 321 cm³/mol. The first-order chi connectivity index (χ1) is 37.4. The number of nitrogens with zero attached hydrogens (tertiary/aromatic N) is 3. The zero-order chi connectivity index (χ0) is 50.5. The maximum Gasteiger partial charge on any atom is 0.0547 e. The SMILES string of the molecule is CC1(C)c2cc(-c3ccc4c(c3)c3ccccc3n4-c3ccccc3)ccc2-c2ccc(N(c3ccc(-c4ccc(-c5ccc6c7ccccc7n(-c7ccccc7)c6c5)cc4)cc3)c3cccc4ccccc34)cc21. The van der Waals surface area contributed by atoms with Crippen LogP contribution in [0.15, 0.2) is 273 Å². The van der Waals surface area contributed by atoms with Crippen molar-refractivity contribution in [3.63, 3.8) is 0 Å². The van der Waals surface area contributed by atoms with Crippen LogP contribution in [0.1, 0.15) is 25.0 Å². The molecule has 0 amide bonds. The molecule has 3 heteroatoms. The van der Waals surface area contributed by atoms with Gasteiger partial charge < -0.3 is 14.0 Å². The summed E-state index contributed by atoms with van der Waals surface area (Å²) in [5, 5.41) is 7.47. The largest absolute Gasteiger partial charge is 0.310 e. The summed E-state index contributed by atoms with van der Waals surface area (Å²) in [7, 11) is 0. The van der Waals surface area contributed by atoms with Crippen LogP contribution in [0.3, 0.4) is 0 Å². The van der Waals surface area contributed by atoms with Crippen molar-refractivity contribution in [2.24, 2.45) is 0 Å². The molecule has 0 spiro atoms. The van der Waals surface area contributed by atoms with Gasteiger partial charge in [0.25, 0.3) is 0 Å². The summed E-state index contributed by atoms with van der Waals surface area (Å²) in [5.41, 5.74) is 22.8. The number of fused-ring (bicyclic) bond motifs is 10. The fourth-order valence-electron chi connectivity index (χ4n) is 12.5. The van der Waals surface area contributed by atoms with Gasteiger partial charge in [0.15, 0.2) is 0 Å². The Morgan fingerprint density at radius 3 is 1.43 bits per heavy atom. The minimum atomic E-state index is -0.239. The molecule has 12 aromatic carbocycles. The molecular formula is C73H51N3. The number of hydrogen-bond acceptors (Lipinski definition) is 1. The van der Waals surface area contributed by atoms with E-state index >= 15 is 0 Å². The van der Waals surface area contributed by atoms with Gasteiger partial charge in [0.1, 0.15) is 0 Å². The van der Waals surface area contributed by atoms with Crippen LogP contribution in [-0.2, 0) is 5.41 Å². The van der Waals surface area contributed by atoms with Crippen molar-refractivity contribution in [3.8, 4) is 55.9 Å². The zero-order valence-corrected chi connectivity index (χ0v) is 42.3. The average molecular weight is 970 g/mol. The molecule has 3 nitrogen and oxygen atoms in total. The predicted octanol–water partition coefficient (Wildman–Crippen LogP) is 19.8. The Hall–Kier alpha value is -9.70. The summed E-state index contributed by atoms with van der Waals surface area (Å²) in [6.07, 6.45) is 0. The van der Waals surface area contributed by atoms with Crippen LogP contribution >= 0.6 is 0 Å². The first kappa shape index (κ1) is 43.8. The van der Waals surface area contributed by atoms with Gasteiger partial charge in [-0.1, -0.05) is 196 Å². The Balaban J connectivity index is 0.770. The molecule has 1 aliphatic rings. The van der Waals surface area contributed by atoms with E-state index in [9.17, 15) is 0 Å². The summed E-state index contributed by atoms with van der Waals surface area (Å²) in [6, 6.07) is 101. The summed E-state index contributed by atoms with van der Waals surface area (Å²) in [6.45, 7) is 4.79. The van der Waals surface area contributed by atoms with Gasteiger partial charge in [0, 0.05) is 55.1 Å². The molecule has 0 fully saturated rings. The number of aromatic nitrogens is 2. The van der Waals surface area contributed by atoms with Gasteiger partial charge >= 0.3 is 0 Å². The molecule has 0 unspecified atom stereocenters. The molecule has 358 valence electrons. The van der Waals surface area contributed by atoms with E-state index in [-0.39, 0.29) is 5.41 Å². The van der Waals surface area contributed by atoms with Crippen molar-refractivity contribution in [3.05, 3.63) is 284 Å². The number of rotatable bonds is 8. The molecule has 1 aliphatic carbocycles. The fraction of sp³-hybridized carbons (Fsp3) is 0.0411. The van der Waals surface area contributed by atoms with E-state index in [4.69, 9.17) is 0 Å². The average Bonchev–Trinajstić information content (AvgIpc) is 4.17. The lowest BCUT2D eigenvalue weighted by Crippen LogP contribution is -2.16. The smallest absolute Gasteiger partial charge is 0.0547 e. The van der Waals surface area contributed by atoms with Gasteiger partial charge in [0.05, 0.1) is 27.8 Å². The van der Waals surface area contributed by atoms with E-state index in [1.54, 1.807) is 0 Å². The molecule has 2 heterocycles. The molecule has 0 atom stereocenters. The first-order valence-corrected chi connectivity index (χ1v) is 26.4. The Labute approximate surface area is 442 Å². The highest BCUT2D eigenvalue weighted by molar-refractivity contribution is 6.12. The third kappa shape index (κ3) is 6.90. The lowest BCUT2D eigenvalue weighted by Gasteiger charge is -2.29. The van der Waals surface area contributed by atoms with Gasteiger partial charge in [-0.3, -0.25) is 0 Å². The molecular weight excluding hydrogens is 919 g/mol. The second kappa shape index (κ2) is 17.2. The van der Waals surface area contributed by atoms with Crippen LogP contribution in [0, 0.1) is 0 Å². The molecule has 0 bridgehead atoms. The maximum absolute atomic E-state index is 2.45. The molecule has 0 N–H and O–H groups in total. The number of anilines is 3. The highest BCUT2D eigenvalue weighted by Crippen LogP contribution is 2.52. The number of para-hydroxylation sites is 4. The van der Waals surface area contributed by atoms with E-state index in [0.29, 0.717) is 0 Å². The third-order valence-corrected chi connectivity index (χ3v) is 16.3. The third-order valence-electron chi connectivity index (χ3n) is 16.3. The van der Waals surface area contributed by atoms with E-state index in [0.717, 1.165) is 17.1 Å². The van der Waals surface area contributed by atoms with Crippen LogP contribution in [0.25, 0.3) is 110 Å². The van der Waals surface area contributed by atoms with Crippen molar-refractivity contribution in [2.45, 2.75) is 19.3 Å². The van der Waals surface area contributed by atoms with Gasteiger partial charge in [-0.05, 0) is 152 Å². The van der Waals surface area contributed by atoms with Crippen LogP contribution in [0.5, 0.6) is 0 Å². The molecule has 0 radical (unpaired) electrons. The Morgan fingerprint density at radius 2 is 0.737 bits per heavy atom. The van der Waals surface area contributed by atoms with Crippen LogP contribution in [-0.4, -0.2) is 9.13 Å². The van der Waals surface area contributed by atoms with E-state index in [2.05, 4.69) is 301 Å². The lowest BCUT2D eigenvalue weighted by atomic mass is 9.81. The molecule has 76 heavy (non-hydrogen) atoms. The number of hydrogen-bond donors (Lipinski definition) is 0. The minimum Gasteiger partial charge on any atom is -0.310 e. The van der Waals surface area contributed by atoms with Crippen LogP contribution in [0.2, 0.25) is 0 Å². The highest BCUT2D eigenvalue weighted by Gasteiger charge is 2.36. The molecule has 0 saturated heterocycles. The van der Waals surface area contributed by atoms with Crippen molar-refractivity contribution < 1.29 is 0 Å². The van der Waals surface area contributed by atoms with E-state index in [1.807, 2.05) is 0 Å². The topological polar surface area (TPSA) is 13.1 Å². The van der Waals surface area contributed by atoms with Gasteiger partial charge in [0.2, 0.25) is 0 Å². The molecule has 0 saturated carbocycles. The highest BCUT2D eigenvalue weighted by atomic mass is 15.1. The van der Waals surface area contributed by atoms with Crippen molar-refractivity contribution >= 4 is 71.4 Å². The van der Waals surface area contributed by atoms with Crippen molar-refractivity contribution in [1.82, 2.24) is 9.13 Å². The Bertz CT molecular complexity index is 4570. The van der Waals surface area contributed by atoms with Gasteiger partial charge in [-0.25, -0.2) is 0 Å². The van der Waals surface area contributed by atoms with E-state index < -0.39 is 0 Å². The quantitative estimate of drug-likeness (QED) is 0.148. The van der Waals surface area contributed by atoms with Gasteiger partial charge in [-0.15, -0.1) is 0 Å². The summed E-state index contributed by atoms with van der Waals surface area (Å²) >= 11 is 0. The second-order valence-electron chi connectivity index (χ2n) is 20.9. The lowest BCUT2D eigenvalue weighted by molar-refractivity contribution is 0.660. The standard InChI is InChI=1S/C73H51N3/c1-73(2)66-45-53(52-36-43-71-65(44-52)63-24-12-14-26-70(63)75(71)55-18-5-3-6-19-55)34-40-60(66)61-42-39-58(47-67(61)73)74(68-27-15-17-51-16-9-10-22-59(51)68)57-37-32-49(33-38-57)48-28-30-50(31-29-48)54-35-41-64-62-23-11-13-25-69(62)76(72(64)46-54)56-20-7-4-8-21-56/h3-47H,1-2H3. The maximum atomic E-state index is 2.45. The van der Waals surface area contributed by atoms with Gasteiger partial charge in [-0.2, -0.15) is 0 Å². The summed E-state index contributed by atoms with van der Waals surface area (Å²) < 4.78 is 4.77. The molecule has 14 aromatic rings. The van der Waals surface area contributed by atoms with Crippen LogP contribution < -0.4 is 4.90 Å². The molecule has 2 aromatic heterocycles. The fourth-order valence-corrected chi connectivity index (χ4v) is 12.5. The summed E-state index contributed by atoms with van der Waals surface area (Å²) in [5.74, 6) is 0. The molecule has 0 aliphatic heterocycles. The first-order valence-electron chi connectivity index (χ1n) is 26.4. The Morgan fingerprint density at radius 1 is 0.289 bits per heavy atom. The summed E-state index contributed by atoms with van der Waals surface area (Å²) in [4.78, 5) is 2.45. The normalized spacial score (nSPS) is 12.7. The Kier molecular flexibility index (Phi) is 9.92. The van der Waals surface area contributed by atoms with E-state index in [1.165, 1.54) is 121 Å². The van der Waals surface area contributed by atoms with Crippen molar-refractivity contribution in [2.75, 3.05) is 4.90 Å². The van der Waals surface area contributed by atoms with Crippen molar-refractivity contribution in [1.29, 1.82) is 0 Å². The zero-order valence-electron chi connectivity index (χ0n) is 42.3. The molecule has 15 rings (SSSR count). The van der Waals surface area contributed by atoms with Crippen LogP contribution in [0.4, 0.5) is 17.1 Å². The monoisotopic (exact) mass is 969 g/mol. The second-order valence-corrected chi connectivity index (χ2v) is 20.9.